The van der Waals surface area contributed by atoms with Gasteiger partial charge in [0, 0.05) is 5.54 Å². The van der Waals surface area contributed by atoms with Crippen LogP contribution in [0.1, 0.15) is 20.8 Å². The van der Waals surface area contributed by atoms with Crippen molar-refractivity contribution in [3.8, 4) is 0 Å². The lowest BCUT2D eigenvalue weighted by Crippen LogP contribution is -2.21. The summed E-state index contributed by atoms with van der Waals surface area (Å²) in [6.45, 7) is 9.16. The molecular weight excluding hydrogens is 86.1 g/mol. The fourth-order valence-electron chi connectivity index (χ4n) is 0. The second-order valence-corrected chi connectivity index (χ2v) is 2.41. The first-order valence-electron chi connectivity index (χ1n) is 2.35. The maximum absolute atomic E-state index is 7.29. The predicted molar refractivity (Wildman–Crippen MR) is 32.0 cm³/mol. The van der Waals surface area contributed by atoms with Crippen LogP contribution in [0.4, 0.5) is 0 Å². The molecule has 0 saturated heterocycles. The molecule has 0 aliphatic carbocycles. The summed E-state index contributed by atoms with van der Waals surface area (Å²) in [7, 11) is 0. The van der Waals surface area contributed by atoms with Gasteiger partial charge in [0.05, 0.1) is 0 Å². The number of hydrogen-bond donors (Lipinski definition) is 0. The Morgan fingerprint density at radius 1 is 1.57 bits per heavy atom. The topological polar surface area (TPSA) is 23.8 Å². The monoisotopic (exact) mass is 98.1 g/mol. The van der Waals surface area contributed by atoms with Crippen molar-refractivity contribution < 1.29 is 0 Å². The van der Waals surface area contributed by atoms with Crippen LogP contribution < -0.4 is 5.73 Å². The molecule has 0 aliphatic rings. The fraction of sp³-hybridized carbons (Fsp3) is 0.667. The Labute approximate surface area is 45.2 Å². The molecule has 0 aromatic rings. The maximum atomic E-state index is 7.29. The minimum absolute atomic E-state index is 0.444. The third-order valence-electron chi connectivity index (χ3n) is 1.07. The molecule has 0 fully saturated rings. The van der Waals surface area contributed by atoms with E-state index in [0.29, 0.717) is 0 Å². The van der Waals surface area contributed by atoms with Crippen LogP contribution in [0, 0.1) is 0 Å². The standard InChI is InChI=1S/C6H12N/c1-5(2)6(3,4)7/h7H,1H2,2-4H3. The minimum atomic E-state index is -0.444. The summed E-state index contributed by atoms with van der Waals surface area (Å²) in [5.74, 6) is 0. The molecule has 1 radical (unpaired) electrons. The largest absolute Gasteiger partial charge is 0.247 e. The first-order chi connectivity index (χ1) is 2.94. The van der Waals surface area contributed by atoms with Gasteiger partial charge in [-0.1, -0.05) is 12.2 Å². The van der Waals surface area contributed by atoms with Crippen LogP contribution in [-0.4, -0.2) is 5.54 Å². The molecule has 0 bridgehead atoms. The van der Waals surface area contributed by atoms with Crippen LogP contribution in [0.3, 0.4) is 0 Å². The van der Waals surface area contributed by atoms with Crippen LogP contribution in [0.2, 0.25) is 0 Å². The summed E-state index contributed by atoms with van der Waals surface area (Å²) in [5.41, 5.74) is 7.75. The van der Waals surface area contributed by atoms with Crippen LogP contribution in [-0.2, 0) is 0 Å². The van der Waals surface area contributed by atoms with Crippen LogP contribution in [0.25, 0.3) is 0 Å². The number of rotatable bonds is 1. The lowest BCUT2D eigenvalue weighted by Gasteiger charge is -2.15. The molecular formula is C6H12N. The highest BCUT2D eigenvalue weighted by Crippen LogP contribution is 2.09. The van der Waals surface area contributed by atoms with E-state index in [0.717, 1.165) is 5.57 Å². The van der Waals surface area contributed by atoms with Crippen molar-refractivity contribution in [2.75, 3.05) is 0 Å². The van der Waals surface area contributed by atoms with Gasteiger partial charge in [-0.25, -0.2) is 5.73 Å². The van der Waals surface area contributed by atoms with Gasteiger partial charge < -0.3 is 0 Å². The van der Waals surface area contributed by atoms with Crippen molar-refractivity contribution in [2.45, 2.75) is 26.3 Å². The Morgan fingerprint density at radius 2 is 1.71 bits per heavy atom. The normalized spacial score (nSPS) is 11.4. The zero-order valence-corrected chi connectivity index (χ0v) is 5.21. The predicted octanol–water partition coefficient (Wildman–Crippen LogP) is 1.62. The lowest BCUT2D eigenvalue weighted by atomic mass is 9.99. The molecule has 1 N–H and O–H groups in total. The molecule has 0 aliphatic heterocycles. The van der Waals surface area contributed by atoms with Gasteiger partial charge in [0.25, 0.3) is 0 Å². The molecule has 0 unspecified atom stereocenters. The highest BCUT2D eigenvalue weighted by Gasteiger charge is 2.10. The number of nitrogens with one attached hydrogen (secondary N) is 1. The van der Waals surface area contributed by atoms with E-state index < -0.39 is 5.54 Å². The van der Waals surface area contributed by atoms with Crippen molar-refractivity contribution in [1.29, 1.82) is 0 Å². The zero-order valence-electron chi connectivity index (χ0n) is 5.21. The molecule has 0 heterocycles. The third kappa shape index (κ3) is 2.40. The molecule has 41 valence electrons. The van der Waals surface area contributed by atoms with Crippen LogP contribution in [0.5, 0.6) is 0 Å². The van der Waals surface area contributed by atoms with Gasteiger partial charge in [-0.2, -0.15) is 0 Å². The van der Waals surface area contributed by atoms with E-state index in [2.05, 4.69) is 6.58 Å². The molecule has 0 saturated carbocycles. The van der Waals surface area contributed by atoms with Gasteiger partial charge in [0.1, 0.15) is 0 Å². The Bertz CT molecular complexity index is 76.7. The summed E-state index contributed by atoms with van der Waals surface area (Å²) >= 11 is 0. The average molecular weight is 98.2 g/mol. The van der Waals surface area contributed by atoms with Gasteiger partial charge in [-0.3, -0.25) is 0 Å². The highest BCUT2D eigenvalue weighted by atomic mass is 14.7. The second-order valence-electron chi connectivity index (χ2n) is 2.41. The highest BCUT2D eigenvalue weighted by molar-refractivity contribution is 5.06. The summed E-state index contributed by atoms with van der Waals surface area (Å²) in [6, 6.07) is 0. The minimum Gasteiger partial charge on any atom is -0.247 e. The van der Waals surface area contributed by atoms with E-state index in [-0.39, 0.29) is 0 Å². The lowest BCUT2D eigenvalue weighted by molar-refractivity contribution is 0.591. The average Bonchev–Trinajstić information content (AvgIpc) is 1.31. The van der Waals surface area contributed by atoms with Crippen molar-refractivity contribution in [2.24, 2.45) is 0 Å². The first kappa shape index (κ1) is 6.70. The molecule has 0 aromatic heterocycles. The molecule has 7 heavy (non-hydrogen) atoms. The quantitative estimate of drug-likeness (QED) is 0.445. The van der Waals surface area contributed by atoms with Gasteiger partial charge in [-0.05, 0) is 20.8 Å². The van der Waals surface area contributed by atoms with Gasteiger partial charge >= 0.3 is 0 Å². The summed E-state index contributed by atoms with van der Waals surface area (Å²) in [4.78, 5) is 0. The van der Waals surface area contributed by atoms with Crippen molar-refractivity contribution in [1.82, 2.24) is 5.73 Å². The van der Waals surface area contributed by atoms with E-state index in [9.17, 15) is 0 Å². The van der Waals surface area contributed by atoms with Gasteiger partial charge in [0.2, 0.25) is 0 Å². The van der Waals surface area contributed by atoms with Gasteiger partial charge in [-0.15, -0.1) is 0 Å². The molecule has 1 heteroatoms. The SMILES string of the molecule is C=C(C)C(C)(C)[NH]. The van der Waals surface area contributed by atoms with Crippen LogP contribution >= 0.6 is 0 Å². The second kappa shape index (κ2) is 1.66. The van der Waals surface area contributed by atoms with Crippen molar-refractivity contribution in [3.63, 3.8) is 0 Å². The molecule has 0 amide bonds. The molecule has 0 spiro atoms. The van der Waals surface area contributed by atoms with Crippen molar-refractivity contribution in [3.05, 3.63) is 12.2 Å². The summed E-state index contributed by atoms with van der Waals surface area (Å²) in [6.07, 6.45) is 0. The molecule has 0 atom stereocenters. The maximum Gasteiger partial charge on any atom is 0.0470 e. The molecule has 0 rings (SSSR count). The van der Waals surface area contributed by atoms with E-state index in [1.54, 1.807) is 0 Å². The Kier molecular flexibility index (Phi) is 1.59. The summed E-state index contributed by atoms with van der Waals surface area (Å²) in [5, 5.41) is 0. The Balaban J connectivity index is 3.79. The van der Waals surface area contributed by atoms with Crippen molar-refractivity contribution >= 4 is 0 Å². The fourth-order valence-corrected chi connectivity index (χ4v) is 0. The Morgan fingerprint density at radius 3 is 1.71 bits per heavy atom. The van der Waals surface area contributed by atoms with E-state index in [1.165, 1.54) is 0 Å². The van der Waals surface area contributed by atoms with Gasteiger partial charge in [0.15, 0.2) is 0 Å². The first-order valence-corrected chi connectivity index (χ1v) is 2.35. The third-order valence-corrected chi connectivity index (χ3v) is 1.07. The van der Waals surface area contributed by atoms with Crippen LogP contribution in [0.15, 0.2) is 12.2 Å². The van der Waals surface area contributed by atoms with E-state index in [1.807, 2.05) is 20.8 Å². The Hall–Kier alpha value is -0.300. The summed E-state index contributed by atoms with van der Waals surface area (Å²) < 4.78 is 0. The smallest absolute Gasteiger partial charge is 0.0470 e. The molecule has 0 aromatic carbocycles. The zero-order chi connectivity index (χ0) is 6.08. The van der Waals surface area contributed by atoms with E-state index in [4.69, 9.17) is 5.73 Å². The van der Waals surface area contributed by atoms with E-state index >= 15 is 0 Å². The molecule has 1 nitrogen and oxygen atoms in total. The number of hydrogen-bond acceptors (Lipinski definition) is 0.